The van der Waals surface area contributed by atoms with Crippen molar-refractivity contribution in [1.82, 2.24) is 25.3 Å². The van der Waals surface area contributed by atoms with Crippen molar-refractivity contribution < 1.29 is 27.5 Å². The second-order valence-electron chi connectivity index (χ2n) is 14.3. The molecule has 5 fully saturated rings. The molecule has 44 heavy (non-hydrogen) atoms. The molecule has 0 bridgehead atoms. The molecule has 5 heterocycles. The van der Waals surface area contributed by atoms with E-state index in [0.29, 0.717) is 50.8 Å². The van der Waals surface area contributed by atoms with Gasteiger partial charge in [-0.2, -0.15) is 9.37 Å². The Balaban J connectivity index is 1.21. The van der Waals surface area contributed by atoms with Gasteiger partial charge < -0.3 is 29.0 Å². The lowest BCUT2D eigenvalue weighted by Gasteiger charge is -2.50. The van der Waals surface area contributed by atoms with E-state index < -0.39 is 29.3 Å². The number of anilines is 1. The van der Waals surface area contributed by atoms with Gasteiger partial charge in [0.25, 0.3) is 5.88 Å². The number of rotatable bonds is 5. The average molecular weight is 615 g/mol. The van der Waals surface area contributed by atoms with Gasteiger partial charge in [0.15, 0.2) is 28.9 Å². The lowest BCUT2D eigenvalue weighted by Crippen LogP contribution is -2.57. The Labute approximate surface area is 257 Å². The van der Waals surface area contributed by atoms with Crippen LogP contribution in [0.5, 0.6) is 5.88 Å². The minimum Gasteiger partial charge on any atom is -0.471 e. The molecule has 5 atom stereocenters. The molecule has 240 valence electrons. The summed E-state index contributed by atoms with van der Waals surface area (Å²) in [6.45, 7) is 6.73. The summed E-state index contributed by atoms with van der Waals surface area (Å²) in [6, 6.07) is -0.0108. The average Bonchev–Trinajstić information content (AvgIpc) is 3.34. The summed E-state index contributed by atoms with van der Waals surface area (Å²) in [5.41, 5.74) is 1.06. The monoisotopic (exact) mass is 614 g/mol. The Bertz CT molecular complexity index is 1410. The fraction of sp³-hybridized carbons (Fsp3) is 0.781. The van der Waals surface area contributed by atoms with Crippen LogP contribution in [0.3, 0.4) is 0 Å². The van der Waals surface area contributed by atoms with E-state index in [1.54, 1.807) is 0 Å². The number of likely N-dealkylation sites (N-methyl/N-ethyl adjacent to an activating group) is 1. The van der Waals surface area contributed by atoms with Gasteiger partial charge in [0, 0.05) is 49.2 Å². The third-order valence-corrected chi connectivity index (χ3v) is 11.2. The fourth-order valence-corrected chi connectivity index (χ4v) is 9.03. The number of nitrogens with zero attached hydrogens (tertiary/aromatic N) is 5. The van der Waals surface area contributed by atoms with E-state index in [2.05, 4.69) is 22.4 Å². The molecule has 2 aromatic rings. The van der Waals surface area contributed by atoms with Crippen LogP contribution in [0.1, 0.15) is 83.0 Å². The highest BCUT2D eigenvalue weighted by atomic mass is 19.1. The van der Waals surface area contributed by atoms with E-state index in [1.807, 2.05) is 23.8 Å². The molecule has 2 aromatic heterocycles. The third-order valence-electron chi connectivity index (χ3n) is 11.2. The van der Waals surface area contributed by atoms with Crippen LogP contribution >= 0.6 is 0 Å². The molecule has 12 heteroatoms. The molecule has 3 saturated heterocycles. The summed E-state index contributed by atoms with van der Waals surface area (Å²) in [6.07, 6.45) is 7.47. The number of hydrogen-bond acceptors (Lipinski definition) is 10. The summed E-state index contributed by atoms with van der Waals surface area (Å²) < 4.78 is 55.9. The van der Waals surface area contributed by atoms with Gasteiger partial charge in [0.2, 0.25) is 5.82 Å². The number of halogens is 2. The van der Waals surface area contributed by atoms with E-state index >= 15 is 4.39 Å². The molecule has 0 aromatic carbocycles. The number of piperazine rings is 1. The summed E-state index contributed by atoms with van der Waals surface area (Å²) in [5.74, 6) is -0.0899. The number of nitrogens with one attached hydrogen (secondary N) is 1. The van der Waals surface area contributed by atoms with E-state index in [9.17, 15) is 4.39 Å². The molecule has 6 aliphatic rings. The molecular weight excluding hydrogens is 570 g/mol. The number of likely N-dealkylation sites (tertiary alicyclic amines) is 1. The summed E-state index contributed by atoms with van der Waals surface area (Å²) in [5, 5.41) is 8.27. The largest absolute Gasteiger partial charge is 0.471 e. The maximum absolute atomic E-state index is 16.4. The maximum Gasteiger partial charge on any atom is 0.256 e. The molecule has 0 radical (unpaired) electrons. The van der Waals surface area contributed by atoms with Crippen LogP contribution in [0.2, 0.25) is 0 Å². The highest BCUT2D eigenvalue weighted by Crippen LogP contribution is 2.57. The number of aromatic nitrogens is 3. The Hall–Kier alpha value is -2.41. The molecule has 0 amide bonds. The molecule has 3 aliphatic carbocycles. The summed E-state index contributed by atoms with van der Waals surface area (Å²) in [7, 11) is 1.88. The van der Waals surface area contributed by atoms with Gasteiger partial charge in [-0.05, 0) is 72.3 Å². The van der Waals surface area contributed by atoms with Gasteiger partial charge in [-0.3, -0.25) is 4.90 Å². The number of hydrogen-bond donors (Lipinski definition) is 1. The SMILES string of the molecule is C[C@@H]1CN(c2nc(-c3noc4c3CCC[C@@]43CCCCC34OCCO4)nc(O[C@@H](C)[C@@H]3C[C@@H](F)CN3C)c2F)CC2(CC2)N1. The van der Waals surface area contributed by atoms with Gasteiger partial charge in [0.1, 0.15) is 12.3 Å². The van der Waals surface area contributed by atoms with Crippen LogP contribution in [-0.2, 0) is 21.3 Å². The smallest absolute Gasteiger partial charge is 0.256 e. The van der Waals surface area contributed by atoms with Gasteiger partial charge in [0.05, 0.1) is 18.6 Å². The number of alkyl halides is 1. The highest BCUT2D eigenvalue weighted by molar-refractivity contribution is 5.62. The molecule has 1 N–H and O–H groups in total. The van der Waals surface area contributed by atoms with Crippen LogP contribution in [0.25, 0.3) is 11.5 Å². The second-order valence-corrected chi connectivity index (χ2v) is 14.3. The van der Waals surface area contributed by atoms with Crippen molar-refractivity contribution in [3.63, 3.8) is 0 Å². The van der Waals surface area contributed by atoms with Crippen LogP contribution in [0.4, 0.5) is 14.6 Å². The molecule has 2 saturated carbocycles. The Morgan fingerprint density at radius 2 is 1.82 bits per heavy atom. The van der Waals surface area contributed by atoms with Gasteiger partial charge in [-0.15, -0.1) is 0 Å². The molecule has 3 spiro atoms. The third kappa shape index (κ3) is 4.57. The summed E-state index contributed by atoms with van der Waals surface area (Å²) >= 11 is 0. The lowest BCUT2D eigenvalue weighted by atomic mass is 9.61. The van der Waals surface area contributed by atoms with E-state index in [-0.39, 0.29) is 29.3 Å². The second kappa shape index (κ2) is 10.6. The topological polar surface area (TPSA) is 98.0 Å². The minimum absolute atomic E-state index is 0.0117. The maximum atomic E-state index is 16.4. The van der Waals surface area contributed by atoms with Crippen LogP contribution in [-0.4, -0.2) is 95.6 Å². The van der Waals surface area contributed by atoms with E-state index in [4.69, 9.17) is 23.7 Å². The molecule has 10 nitrogen and oxygen atoms in total. The fourth-order valence-electron chi connectivity index (χ4n) is 9.03. The zero-order valence-corrected chi connectivity index (χ0v) is 26.0. The Kier molecular flexibility index (Phi) is 6.97. The first-order chi connectivity index (χ1) is 21.2. The van der Waals surface area contributed by atoms with Crippen molar-refractivity contribution in [2.75, 3.05) is 44.8 Å². The van der Waals surface area contributed by atoms with E-state index in [0.717, 1.165) is 69.1 Å². The molecular formula is C32H44F2N6O4. The predicted molar refractivity (Wildman–Crippen MR) is 158 cm³/mol. The van der Waals surface area contributed by atoms with Crippen molar-refractivity contribution in [2.45, 2.75) is 119 Å². The Morgan fingerprint density at radius 1 is 1.05 bits per heavy atom. The van der Waals surface area contributed by atoms with Crippen molar-refractivity contribution in [3.05, 3.63) is 17.1 Å². The number of ether oxygens (including phenoxy) is 3. The van der Waals surface area contributed by atoms with Gasteiger partial charge in [-0.25, -0.2) is 9.37 Å². The minimum atomic E-state index is -0.931. The molecule has 8 rings (SSSR count). The predicted octanol–water partition coefficient (Wildman–Crippen LogP) is 4.30. The standard InChI is InChI=1S/C32H44F2N6O4/c1-19-16-40(18-30(37-19)11-12-30)28-24(34)29(43-20(2)23-15-21(33)17-39(23)3)36-27(35-28)25-22-7-6-9-31(26(22)44-38-25)8-4-5-10-32(31)41-13-14-42-32/h19-21,23,37H,4-18H2,1-3H3/t19-,20+,21-,23+,31+/m1/s1. The first-order valence-corrected chi connectivity index (χ1v) is 16.6. The zero-order valence-electron chi connectivity index (χ0n) is 26.0. The van der Waals surface area contributed by atoms with Crippen molar-refractivity contribution >= 4 is 5.82 Å². The van der Waals surface area contributed by atoms with Crippen LogP contribution in [0.15, 0.2) is 4.52 Å². The normalized spacial score (nSPS) is 33.3. The van der Waals surface area contributed by atoms with Crippen molar-refractivity contribution in [3.8, 4) is 17.4 Å². The molecule has 3 aliphatic heterocycles. The highest BCUT2D eigenvalue weighted by Gasteiger charge is 2.61. The molecule has 0 unspecified atom stereocenters. The van der Waals surface area contributed by atoms with Gasteiger partial charge in [-0.1, -0.05) is 11.6 Å². The first kappa shape index (κ1) is 29.0. The summed E-state index contributed by atoms with van der Waals surface area (Å²) in [4.78, 5) is 13.5. The quantitative estimate of drug-likeness (QED) is 0.525. The number of fused-ring (bicyclic) bond motifs is 3. The zero-order chi connectivity index (χ0) is 30.3. The first-order valence-electron chi connectivity index (χ1n) is 16.6. The Morgan fingerprint density at radius 3 is 2.57 bits per heavy atom. The van der Waals surface area contributed by atoms with Crippen LogP contribution in [0, 0.1) is 5.82 Å². The van der Waals surface area contributed by atoms with Crippen LogP contribution < -0.4 is 15.0 Å². The van der Waals surface area contributed by atoms with Crippen molar-refractivity contribution in [1.29, 1.82) is 0 Å². The van der Waals surface area contributed by atoms with E-state index in [1.165, 1.54) is 0 Å². The lowest BCUT2D eigenvalue weighted by molar-refractivity contribution is -0.235. The van der Waals surface area contributed by atoms with Gasteiger partial charge >= 0.3 is 0 Å². The van der Waals surface area contributed by atoms with Crippen molar-refractivity contribution in [2.24, 2.45) is 0 Å².